The number of para-hydroxylation sites is 1. The van der Waals surface area contributed by atoms with Crippen molar-refractivity contribution in [3.63, 3.8) is 0 Å². The van der Waals surface area contributed by atoms with Crippen LogP contribution in [0.2, 0.25) is 0 Å². The maximum atomic E-state index is 9.06. The standard InChI is InChI=1S/C16H16N2O/c1-13-7-8-16(14(11-13)12-17)18-9-10-19-15-5-3-2-4-6-15/h2-8,11,18H,9-10H2,1H3. The van der Waals surface area contributed by atoms with Crippen molar-refractivity contribution in [2.75, 3.05) is 18.5 Å². The van der Waals surface area contributed by atoms with Gasteiger partial charge < -0.3 is 10.1 Å². The van der Waals surface area contributed by atoms with Crippen molar-refractivity contribution in [3.8, 4) is 11.8 Å². The molecule has 0 bridgehead atoms. The third-order valence-corrected chi connectivity index (χ3v) is 2.72. The molecule has 0 aliphatic heterocycles. The van der Waals surface area contributed by atoms with Crippen molar-refractivity contribution in [1.82, 2.24) is 0 Å². The van der Waals surface area contributed by atoms with Gasteiger partial charge in [0.15, 0.2) is 0 Å². The number of anilines is 1. The number of aryl methyl sites for hydroxylation is 1. The monoisotopic (exact) mass is 252 g/mol. The van der Waals surface area contributed by atoms with Crippen LogP contribution in [0.1, 0.15) is 11.1 Å². The summed E-state index contributed by atoms with van der Waals surface area (Å²) in [6, 6.07) is 17.7. The van der Waals surface area contributed by atoms with E-state index in [2.05, 4.69) is 11.4 Å². The minimum absolute atomic E-state index is 0.558. The summed E-state index contributed by atoms with van der Waals surface area (Å²) in [7, 11) is 0. The first-order valence-electron chi connectivity index (χ1n) is 6.22. The minimum Gasteiger partial charge on any atom is -0.492 e. The Kier molecular flexibility index (Phi) is 4.41. The van der Waals surface area contributed by atoms with Crippen LogP contribution in [0.25, 0.3) is 0 Å². The van der Waals surface area contributed by atoms with E-state index in [4.69, 9.17) is 10.00 Å². The summed E-state index contributed by atoms with van der Waals surface area (Å²) >= 11 is 0. The SMILES string of the molecule is Cc1ccc(NCCOc2ccccc2)c(C#N)c1. The molecule has 0 radical (unpaired) electrons. The average Bonchev–Trinajstić information content (AvgIpc) is 2.46. The summed E-state index contributed by atoms with van der Waals surface area (Å²) in [5.41, 5.74) is 2.60. The molecule has 0 aliphatic rings. The van der Waals surface area contributed by atoms with Crippen molar-refractivity contribution in [1.29, 1.82) is 5.26 Å². The average molecular weight is 252 g/mol. The molecule has 3 nitrogen and oxygen atoms in total. The van der Waals surface area contributed by atoms with Gasteiger partial charge >= 0.3 is 0 Å². The van der Waals surface area contributed by atoms with Gasteiger partial charge in [-0.15, -0.1) is 0 Å². The second kappa shape index (κ2) is 6.46. The number of hydrogen-bond donors (Lipinski definition) is 1. The van der Waals surface area contributed by atoms with Crippen LogP contribution in [0.4, 0.5) is 5.69 Å². The molecule has 0 atom stereocenters. The summed E-state index contributed by atoms with van der Waals surface area (Å²) in [6.45, 7) is 3.19. The lowest BCUT2D eigenvalue weighted by Crippen LogP contribution is -2.12. The van der Waals surface area contributed by atoms with Crippen LogP contribution >= 0.6 is 0 Å². The van der Waals surface area contributed by atoms with Gasteiger partial charge in [-0.3, -0.25) is 0 Å². The second-order valence-corrected chi connectivity index (χ2v) is 4.25. The zero-order chi connectivity index (χ0) is 13.5. The molecule has 96 valence electrons. The predicted octanol–water partition coefficient (Wildman–Crippen LogP) is 3.36. The van der Waals surface area contributed by atoms with E-state index in [9.17, 15) is 0 Å². The van der Waals surface area contributed by atoms with Gasteiger partial charge in [-0.25, -0.2) is 0 Å². The van der Waals surface area contributed by atoms with Gasteiger partial charge in [-0.2, -0.15) is 5.26 Å². The second-order valence-electron chi connectivity index (χ2n) is 4.25. The van der Waals surface area contributed by atoms with Crippen LogP contribution in [0, 0.1) is 18.3 Å². The van der Waals surface area contributed by atoms with Gasteiger partial charge in [0.25, 0.3) is 0 Å². The number of hydrogen-bond acceptors (Lipinski definition) is 3. The molecule has 2 aromatic rings. The Morgan fingerprint density at radius 1 is 1.16 bits per heavy atom. The Bertz CT molecular complexity index is 573. The lowest BCUT2D eigenvalue weighted by molar-refractivity contribution is 0.333. The molecule has 0 fully saturated rings. The molecule has 3 heteroatoms. The lowest BCUT2D eigenvalue weighted by atomic mass is 10.1. The molecule has 0 aromatic heterocycles. The van der Waals surface area contributed by atoms with E-state index >= 15 is 0 Å². The normalized spacial score (nSPS) is 9.68. The quantitative estimate of drug-likeness (QED) is 0.830. The molecule has 0 spiro atoms. The van der Waals surface area contributed by atoms with Gasteiger partial charge in [-0.1, -0.05) is 24.3 Å². The van der Waals surface area contributed by atoms with Crippen LogP contribution < -0.4 is 10.1 Å². The van der Waals surface area contributed by atoms with E-state index in [1.165, 1.54) is 0 Å². The molecule has 0 unspecified atom stereocenters. The van der Waals surface area contributed by atoms with E-state index in [0.29, 0.717) is 18.7 Å². The topological polar surface area (TPSA) is 45.0 Å². The number of nitrogens with zero attached hydrogens (tertiary/aromatic N) is 1. The molecule has 0 saturated heterocycles. The lowest BCUT2D eigenvalue weighted by Gasteiger charge is -2.10. The molecular formula is C16H16N2O. The Balaban J connectivity index is 1.85. The molecule has 19 heavy (non-hydrogen) atoms. The van der Waals surface area contributed by atoms with Crippen molar-refractivity contribution in [2.45, 2.75) is 6.92 Å². The number of nitrogens with one attached hydrogen (secondary N) is 1. The van der Waals surface area contributed by atoms with Crippen molar-refractivity contribution >= 4 is 5.69 Å². The molecule has 0 aliphatic carbocycles. The highest BCUT2D eigenvalue weighted by Crippen LogP contribution is 2.16. The van der Waals surface area contributed by atoms with E-state index < -0.39 is 0 Å². The van der Waals surface area contributed by atoms with E-state index in [0.717, 1.165) is 17.0 Å². The van der Waals surface area contributed by atoms with Gasteiger partial charge in [0, 0.05) is 6.54 Å². The first-order valence-corrected chi connectivity index (χ1v) is 6.22. The van der Waals surface area contributed by atoms with Crippen LogP contribution in [-0.2, 0) is 0 Å². The number of benzene rings is 2. The van der Waals surface area contributed by atoms with Gasteiger partial charge in [0.1, 0.15) is 18.4 Å². The number of ether oxygens (including phenoxy) is 1. The van der Waals surface area contributed by atoms with Crippen molar-refractivity contribution in [2.24, 2.45) is 0 Å². The molecule has 0 amide bonds. The maximum absolute atomic E-state index is 9.06. The van der Waals surface area contributed by atoms with Crippen molar-refractivity contribution in [3.05, 3.63) is 59.7 Å². The summed E-state index contributed by atoms with van der Waals surface area (Å²) in [4.78, 5) is 0. The Morgan fingerprint density at radius 2 is 1.95 bits per heavy atom. The largest absolute Gasteiger partial charge is 0.492 e. The highest BCUT2D eigenvalue weighted by molar-refractivity contribution is 5.58. The van der Waals surface area contributed by atoms with Gasteiger partial charge in [0.2, 0.25) is 0 Å². The third-order valence-electron chi connectivity index (χ3n) is 2.72. The summed E-state index contributed by atoms with van der Waals surface area (Å²) in [5.74, 6) is 0.855. The molecule has 0 saturated carbocycles. The Morgan fingerprint density at radius 3 is 2.68 bits per heavy atom. The van der Waals surface area contributed by atoms with Crippen molar-refractivity contribution < 1.29 is 4.74 Å². The summed E-state index contributed by atoms with van der Waals surface area (Å²) < 4.78 is 5.58. The fourth-order valence-corrected chi connectivity index (χ4v) is 1.78. The van der Waals surface area contributed by atoms with E-state index in [1.54, 1.807) is 0 Å². The molecule has 0 heterocycles. The van der Waals surface area contributed by atoms with Crippen LogP contribution in [0.5, 0.6) is 5.75 Å². The first kappa shape index (κ1) is 13.0. The fraction of sp³-hybridized carbons (Fsp3) is 0.188. The van der Waals surface area contributed by atoms with Gasteiger partial charge in [-0.05, 0) is 36.8 Å². The maximum Gasteiger partial charge on any atom is 0.119 e. The molecule has 1 N–H and O–H groups in total. The third kappa shape index (κ3) is 3.75. The van der Waals surface area contributed by atoms with E-state index in [-0.39, 0.29) is 0 Å². The summed E-state index contributed by atoms with van der Waals surface area (Å²) in [5, 5.41) is 12.3. The number of rotatable bonds is 5. The zero-order valence-corrected chi connectivity index (χ0v) is 10.9. The zero-order valence-electron chi connectivity index (χ0n) is 10.9. The smallest absolute Gasteiger partial charge is 0.119 e. The minimum atomic E-state index is 0.558. The molecular weight excluding hydrogens is 236 g/mol. The Labute approximate surface area is 113 Å². The summed E-state index contributed by atoms with van der Waals surface area (Å²) in [6.07, 6.45) is 0. The van der Waals surface area contributed by atoms with E-state index in [1.807, 2.05) is 55.5 Å². The van der Waals surface area contributed by atoms with Crippen LogP contribution in [0.15, 0.2) is 48.5 Å². The van der Waals surface area contributed by atoms with Gasteiger partial charge in [0.05, 0.1) is 11.3 Å². The fourth-order valence-electron chi connectivity index (χ4n) is 1.78. The van der Waals surface area contributed by atoms with Crippen LogP contribution in [0.3, 0.4) is 0 Å². The first-order chi connectivity index (χ1) is 9.29. The molecule has 2 aromatic carbocycles. The Hall–Kier alpha value is -2.47. The highest BCUT2D eigenvalue weighted by atomic mass is 16.5. The predicted molar refractivity (Wildman–Crippen MR) is 76.3 cm³/mol. The highest BCUT2D eigenvalue weighted by Gasteiger charge is 2.01. The molecule has 2 rings (SSSR count). The number of nitriles is 1. The van der Waals surface area contributed by atoms with Crippen LogP contribution in [-0.4, -0.2) is 13.2 Å².